The van der Waals surface area contributed by atoms with E-state index in [-0.39, 0.29) is 11.8 Å². The van der Waals surface area contributed by atoms with E-state index in [9.17, 15) is 9.59 Å². The number of rotatable bonds is 7. The minimum absolute atomic E-state index is 0.0756. The van der Waals surface area contributed by atoms with Gasteiger partial charge in [0.15, 0.2) is 0 Å². The van der Waals surface area contributed by atoms with Gasteiger partial charge in [-0.3, -0.25) is 9.59 Å². The van der Waals surface area contributed by atoms with Crippen LogP contribution in [0.15, 0.2) is 54.6 Å². The third kappa shape index (κ3) is 5.59. The van der Waals surface area contributed by atoms with Crippen LogP contribution in [0.3, 0.4) is 0 Å². The zero-order chi connectivity index (χ0) is 20.7. The maximum atomic E-state index is 12.7. The van der Waals surface area contributed by atoms with Gasteiger partial charge in [0.05, 0.1) is 7.11 Å². The van der Waals surface area contributed by atoms with Gasteiger partial charge in [-0.2, -0.15) is 0 Å². The number of hydrogen-bond donors (Lipinski definition) is 1. The number of methoxy groups -OCH3 is 1. The number of hydrogen-bond acceptors (Lipinski definition) is 3. The van der Waals surface area contributed by atoms with Crippen LogP contribution < -0.4 is 10.1 Å². The van der Waals surface area contributed by atoms with Crippen LogP contribution in [0.5, 0.6) is 5.75 Å². The highest BCUT2D eigenvalue weighted by Gasteiger charge is 2.37. The molecule has 5 heteroatoms. The largest absolute Gasteiger partial charge is 0.497 e. The molecule has 2 amide bonds. The van der Waals surface area contributed by atoms with E-state index in [1.807, 2.05) is 66.4 Å². The molecular formula is C24H30N2O3. The van der Waals surface area contributed by atoms with Gasteiger partial charge in [0.25, 0.3) is 0 Å². The fraction of sp³-hybridized carbons (Fsp3) is 0.417. The molecule has 5 nitrogen and oxygen atoms in total. The van der Waals surface area contributed by atoms with Crippen molar-refractivity contribution in [3.63, 3.8) is 0 Å². The Kier molecular flexibility index (Phi) is 6.91. The normalized spacial score (nSPS) is 15.6. The van der Waals surface area contributed by atoms with Crippen LogP contribution in [0.25, 0.3) is 0 Å². The lowest BCUT2D eigenvalue weighted by atomic mass is 9.79. The van der Waals surface area contributed by atoms with Gasteiger partial charge in [0, 0.05) is 31.5 Å². The summed E-state index contributed by atoms with van der Waals surface area (Å²) in [7, 11) is 1.64. The summed E-state index contributed by atoms with van der Waals surface area (Å²) in [6.45, 7) is 3.82. The van der Waals surface area contributed by atoms with Crippen LogP contribution in [0.2, 0.25) is 0 Å². The summed E-state index contributed by atoms with van der Waals surface area (Å²) in [6, 6.07) is 17.7. The van der Waals surface area contributed by atoms with E-state index in [2.05, 4.69) is 5.32 Å². The third-order valence-electron chi connectivity index (χ3n) is 5.85. The van der Waals surface area contributed by atoms with Crippen molar-refractivity contribution in [1.29, 1.82) is 0 Å². The van der Waals surface area contributed by atoms with E-state index < -0.39 is 5.41 Å². The highest BCUT2D eigenvalue weighted by atomic mass is 16.5. The lowest BCUT2D eigenvalue weighted by Gasteiger charge is -2.38. The number of aryl methyl sites for hydroxylation is 1. The zero-order valence-corrected chi connectivity index (χ0v) is 17.3. The second-order valence-corrected chi connectivity index (χ2v) is 7.96. The highest BCUT2D eigenvalue weighted by Crippen LogP contribution is 2.31. The molecule has 1 aliphatic heterocycles. The Morgan fingerprint density at radius 2 is 1.66 bits per heavy atom. The van der Waals surface area contributed by atoms with Gasteiger partial charge >= 0.3 is 0 Å². The van der Waals surface area contributed by atoms with Gasteiger partial charge in [0.2, 0.25) is 11.8 Å². The fourth-order valence-electron chi connectivity index (χ4n) is 3.67. The van der Waals surface area contributed by atoms with Gasteiger partial charge in [0.1, 0.15) is 5.75 Å². The van der Waals surface area contributed by atoms with E-state index in [0.29, 0.717) is 45.3 Å². The number of nitrogens with zero attached hydrogens (tertiary/aromatic N) is 1. The summed E-state index contributed by atoms with van der Waals surface area (Å²) in [4.78, 5) is 27.2. The van der Waals surface area contributed by atoms with E-state index in [1.165, 1.54) is 0 Å². The third-order valence-corrected chi connectivity index (χ3v) is 5.85. The number of carbonyl (C=O) groups excluding carboxylic acids is 2. The second kappa shape index (κ2) is 9.59. The Hall–Kier alpha value is -2.82. The van der Waals surface area contributed by atoms with Crippen molar-refractivity contribution in [2.75, 3.05) is 20.2 Å². The average molecular weight is 395 g/mol. The molecule has 29 heavy (non-hydrogen) atoms. The quantitative estimate of drug-likeness (QED) is 0.781. The van der Waals surface area contributed by atoms with Crippen molar-refractivity contribution in [1.82, 2.24) is 10.2 Å². The van der Waals surface area contributed by atoms with Crippen LogP contribution in [0.1, 0.15) is 37.3 Å². The Labute approximate surface area is 173 Å². The van der Waals surface area contributed by atoms with Crippen LogP contribution in [0, 0.1) is 5.41 Å². The Morgan fingerprint density at radius 1 is 1.00 bits per heavy atom. The van der Waals surface area contributed by atoms with Crippen molar-refractivity contribution in [2.45, 2.75) is 39.2 Å². The molecule has 1 saturated heterocycles. The molecule has 154 valence electrons. The maximum absolute atomic E-state index is 12.7. The molecule has 0 spiro atoms. The first kappa shape index (κ1) is 20.9. The molecule has 1 heterocycles. The standard InChI is InChI=1S/C24H30N2O3/c1-24(23(28)25-18-20-6-4-3-5-7-20)14-16-26(17-15-24)22(27)13-10-19-8-11-21(29-2)12-9-19/h3-9,11-12H,10,13-18H2,1-2H3,(H,25,28). The predicted molar refractivity (Wildman–Crippen MR) is 114 cm³/mol. The van der Waals surface area contributed by atoms with E-state index in [1.54, 1.807) is 7.11 Å². The van der Waals surface area contributed by atoms with Crippen LogP contribution in [-0.2, 0) is 22.6 Å². The summed E-state index contributed by atoms with van der Waals surface area (Å²) in [5, 5.41) is 3.06. The number of piperidine rings is 1. The lowest BCUT2D eigenvalue weighted by molar-refractivity contribution is -0.139. The summed E-state index contributed by atoms with van der Waals surface area (Å²) in [5.41, 5.74) is 1.80. The summed E-state index contributed by atoms with van der Waals surface area (Å²) in [6.07, 6.45) is 2.60. The fourth-order valence-corrected chi connectivity index (χ4v) is 3.67. The first-order valence-corrected chi connectivity index (χ1v) is 10.2. The molecular weight excluding hydrogens is 364 g/mol. The number of benzene rings is 2. The molecule has 1 aliphatic rings. The number of amides is 2. The minimum atomic E-state index is -0.415. The second-order valence-electron chi connectivity index (χ2n) is 7.96. The molecule has 2 aromatic rings. The first-order chi connectivity index (χ1) is 14.0. The van der Waals surface area contributed by atoms with Crippen molar-refractivity contribution >= 4 is 11.8 Å². The van der Waals surface area contributed by atoms with Crippen molar-refractivity contribution in [2.24, 2.45) is 5.41 Å². The van der Waals surface area contributed by atoms with Gasteiger partial charge in [-0.05, 0) is 42.5 Å². The molecule has 3 rings (SSSR count). The average Bonchev–Trinajstić information content (AvgIpc) is 2.77. The van der Waals surface area contributed by atoms with Gasteiger partial charge in [-0.25, -0.2) is 0 Å². The van der Waals surface area contributed by atoms with Crippen molar-refractivity contribution in [3.05, 3.63) is 65.7 Å². The van der Waals surface area contributed by atoms with Crippen LogP contribution in [-0.4, -0.2) is 36.9 Å². The maximum Gasteiger partial charge on any atom is 0.226 e. The molecule has 0 aromatic heterocycles. The first-order valence-electron chi connectivity index (χ1n) is 10.2. The predicted octanol–water partition coefficient (Wildman–Crippen LogP) is 3.57. The molecule has 0 saturated carbocycles. The highest BCUT2D eigenvalue weighted by molar-refractivity contribution is 5.83. The molecule has 0 aliphatic carbocycles. The number of nitrogens with one attached hydrogen (secondary N) is 1. The molecule has 1 N–H and O–H groups in total. The van der Waals surface area contributed by atoms with Crippen molar-refractivity contribution in [3.8, 4) is 5.75 Å². The van der Waals surface area contributed by atoms with Gasteiger partial charge in [-0.15, -0.1) is 0 Å². The van der Waals surface area contributed by atoms with Crippen molar-refractivity contribution < 1.29 is 14.3 Å². The number of ether oxygens (including phenoxy) is 1. The van der Waals surface area contributed by atoms with Crippen LogP contribution in [0.4, 0.5) is 0 Å². The van der Waals surface area contributed by atoms with E-state index in [4.69, 9.17) is 4.74 Å². The molecule has 0 atom stereocenters. The molecule has 1 fully saturated rings. The molecule has 0 unspecified atom stereocenters. The van der Waals surface area contributed by atoms with E-state index >= 15 is 0 Å². The molecule has 2 aromatic carbocycles. The number of likely N-dealkylation sites (tertiary alicyclic amines) is 1. The SMILES string of the molecule is COc1ccc(CCC(=O)N2CCC(C)(C(=O)NCc3ccccc3)CC2)cc1. The topological polar surface area (TPSA) is 58.6 Å². The van der Waals surface area contributed by atoms with E-state index in [0.717, 1.165) is 16.9 Å². The minimum Gasteiger partial charge on any atom is -0.497 e. The summed E-state index contributed by atoms with van der Waals surface area (Å²) >= 11 is 0. The summed E-state index contributed by atoms with van der Waals surface area (Å²) in [5.74, 6) is 1.06. The smallest absolute Gasteiger partial charge is 0.226 e. The van der Waals surface area contributed by atoms with Gasteiger partial charge in [-0.1, -0.05) is 49.4 Å². The molecule has 0 bridgehead atoms. The molecule has 0 radical (unpaired) electrons. The zero-order valence-electron chi connectivity index (χ0n) is 17.3. The summed E-state index contributed by atoms with van der Waals surface area (Å²) < 4.78 is 5.16. The monoisotopic (exact) mass is 394 g/mol. The van der Waals surface area contributed by atoms with Crippen LogP contribution >= 0.6 is 0 Å². The number of carbonyl (C=O) groups is 2. The Morgan fingerprint density at radius 3 is 2.28 bits per heavy atom. The lowest BCUT2D eigenvalue weighted by Crippen LogP contribution is -2.48. The Balaban J connectivity index is 1.44. The Bertz CT molecular complexity index is 810. The van der Waals surface area contributed by atoms with Gasteiger partial charge < -0.3 is 15.0 Å².